The summed E-state index contributed by atoms with van der Waals surface area (Å²) in [6, 6.07) is 0. The molecule has 3 unspecified atom stereocenters. The van der Waals surface area contributed by atoms with Gasteiger partial charge in [0, 0.05) is 15.4 Å². The molecule has 0 radical (unpaired) electrons. The fourth-order valence-corrected chi connectivity index (χ4v) is 4.30. The molecule has 1 saturated carbocycles. The van der Waals surface area contributed by atoms with Gasteiger partial charge in [-0.1, -0.05) is 43.6 Å². The van der Waals surface area contributed by atoms with Gasteiger partial charge < -0.3 is 23.8 Å². The normalized spacial score (nSPS) is 27.3. The van der Waals surface area contributed by atoms with Crippen LogP contribution in [-0.2, 0) is 23.5 Å². The van der Waals surface area contributed by atoms with E-state index in [0.717, 1.165) is 0 Å². The lowest BCUT2D eigenvalue weighted by Gasteiger charge is -2.27. The minimum Gasteiger partial charge on any atom is -0.461 e. The van der Waals surface area contributed by atoms with Crippen molar-refractivity contribution in [2.45, 2.75) is 76.8 Å². The van der Waals surface area contributed by atoms with Crippen LogP contribution in [0.2, 0.25) is 0 Å². The summed E-state index contributed by atoms with van der Waals surface area (Å²) in [5, 5.41) is 10.3. The van der Waals surface area contributed by atoms with E-state index in [4.69, 9.17) is 18.7 Å². The van der Waals surface area contributed by atoms with Gasteiger partial charge in [0.25, 0.3) is 0 Å². The van der Waals surface area contributed by atoms with Crippen LogP contribution >= 0.6 is 9.47 Å². The van der Waals surface area contributed by atoms with E-state index < -0.39 is 6.10 Å². The zero-order valence-electron chi connectivity index (χ0n) is 17.7. The summed E-state index contributed by atoms with van der Waals surface area (Å²) in [4.78, 5) is 11.4. The van der Waals surface area contributed by atoms with Gasteiger partial charge in [0.1, 0.15) is 6.61 Å². The predicted octanol–water partition coefficient (Wildman–Crippen LogP) is 3.59. The predicted molar refractivity (Wildman–Crippen MR) is 115 cm³/mol. The highest BCUT2D eigenvalue weighted by Crippen LogP contribution is 2.31. The number of ether oxygens (including phenoxy) is 3. The second kappa shape index (κ2) is 13.5. The Morgan fingerprint density at radius 2 is 2.00 bits per heavy atom. The van der Waals surface area contributed by atoms with Gasteiger partial charge in [-0.15, -0.1) is 0 Å². The van der Waals surface area contributed by atoms with Gasteiger partial charge in [-0.05, 0) is 39.0 Å². The number of rotatable bonds is 11. The van der Waals surface area contributed by atoms with Crippen LogP contribution in [0.3, 0.4) is 0 Å². The van der Waals surface area contributed by atoms with Crippen LogP contribution in [-0.4, -0.2) is 55.3 Å². The monoisotopic (exact) mass is 428 g/mol. The molecule has 0 bridgehead atoms. The molecule has 1 saturated heterocycles. The molecule has 2 fully saturated rings. The van der Waals surface area contributed by atoms with Gasteiger partial charge in [-0.3, -0.25) is 0 Å². The molecule has 0 amide bonds. The first-order chi connectivity index (χ1) is 14.0. The fourth-order valence-electron chi connectivity index (χ4n) is 3.99. The van der Waals surface area contributed by atoms with Crippen molar-refractivity contribution in [1.82, 2.24) is 0 Å². The van der Waals surface area contributed by atoms with Crippen molar-refractivity contribution in [3.63, 3.8) is 0 Å². The number of carbonyl (C=O) groups excluding carboxylic acids is 1. The van der Waals surface area contributed by atoms with Gasteiger partial charge in [0.2, 0.25) is 0 Å². The number of hydrogen-bond donors (Lipinski definition) is 1. The van der Waals surface area contributed by atoms with Crippen LogP contribution in [0.25, 0.3) is 0 Å². The van der Waals surface area contributed by atoms with Crippen molar-refractivity contribution in [2.24, 2.45) is 11.8 Å². The lowest BCUT2D eigenvalue weighted by molar-refractivity contribution is -0.152. The average Bonchev–Trinajstić information content (AvgIpc) is 3.05. The van der Waals surface area contributed by atoms with Crippen molar-refractivity contribution < 1.29 is 28.6 Å². The molecule has 2 aliphatic rings. The third-order valence-electron chi connectivity index (χ3n) is 5.51. The molecule has 2 rings (SSSR count). The highest BCUT2D eigenvalue weighted by Gasteiger charge is 2.34. The second-order valence-electron chi connectivity index (χ2n) is 8.17. The van der Waals surface area contributed by atoms with E-state index in [-0.39, 0.29) is 36.8 Å². The summed E-state index contributed by atoms with van der Waals surface area (Å²) in [5.41, 5.74) is 0. The number of hydrogen-bond acceptors (Lipinski definition) is 6. The standard InChI is InChI=1S/C22H37O6P/c1-16(2)27-22(24)15-25-13-7-6-10-18-19(23)14-26-21(18)12-11-20(28-29)17-8-4-3-5-9-17/h6-7,11-12,16-21,23H,3-5,8-10,13-15,29H2,1-2H3/b7-6-,12-11+/t18-,19?,20?,21+/m0/s1. The summed E-state index contributed by atoms with van der Waals surface area (Å²) < 4.78 is 21.7. The van der Waals surface area contributed by atoms with Crippen molar-refractivity contribution in [2.75, 3.05) is 19.8 Å². The van der Waals surface area contributed by atoms with Crippen LogP contribution in [0.4, 0.5) is 0 Å². The highest BCUT2D eigenvalue weighted by atomic mass is 31.0. The molecule has 7 heteroatoms. The first-order valence-corrected chi connectivity index (χ1v) is 11.2. The molecule has 1 heterocycles. The molecule has 0 spiro atoms. The van der Waals surface area contributed by atoms with Crippen LogP contribution in [0, 0.1) is 11.8 Å². The van der Waals surface area contributed by atoms with E-state index in [9.17, 15) is 9.90 Å². The van der Waals surface area contributed by atoms with Crippen LogP contribution in [0.15, 0.2) is 24.3 Å². The topological polar surface area (TPSA) is 74.2 Å². The average molecular weight is 429 g/mol. The Hall–Kier alpha value is -0.780. The van der Waals surface area contributed by atoms with Gasteiger partial charge in [-0.25, -0.2) is 4.79 Å². The van der Waals surface area contributed by atoms with Gasteiger partial charge in [0.05, 0.1) is 37.6 Å². The summed E-state index contributed by atoms with van der Waals surface area (Å²) in [7, 11) is 2.40. The molecule has 0 aromatic carbocycles. The number of carbonyl (C=O) groups is 1. The van der Waals surface area contributed by atoms with Crippen LogP contribution < -0.4 is 0 Å². The molecule has 166 valence electrons. The van der Waals surface area contributed by atoms with E-state index >= 15 is 0 Å². The molecule has 6 nitrogen and oxygen atoms in total. The lowest BCUT2D eigenvalue weighted by Crippen LogP contribution is -2.24. The van der Waals surface area contributed by atoms with Gasteiger partial charge >= 0.3 is 5.97 Å². The first-order valence-electron chi connectivity index (χ1n) is 10.8. The zero-order valence-corrected chi connectivity index (χ0v) is 18.9. The SMILES string of the molecule is CC(C)OC(=O)COC/C=C\C[C@H]1C(O)CO[C@@H]1/C=C/C(OP)C1CCCCC1. The van der Waals surface area contributed by atoms with Crippen molar-refractivity contribution in [3.8, 4) is 0 Å². The quantitative estimate of drug-likeness (QED) is 0.235. The minimum atomic E-state index is -0.485. The molecule has 0 aromatic heterocycles. The van der Waals surface area contributed by atoms with Crippen LogP contribution in [0.5, 0.6) is 0 Å². The number of aliphatic hydroxyl groups is 1. The maximum Gasteiger partial charge on any atom is 0.332 e. The molecule has 5 atom stereocenters. The van der Waals surface area contributed by atoms with E-state index in [0.29, 0.717) is 25.6 Å². The van der Waals surface area contributed by atoms with Crippen molar-refractivity contribution in [1.29, 1.82) is 0 Å². The summed E-state index contributed by atoms with van der Waals surface area (Å²) in [6.45, 7) is 4.24. The Kier molecular flexibility index (Phi) is 11.4. The van der Waals surface area contributed by atoms with Gasteiger partial charge in [-0.2, -0.15) is 0 Å². The molecule has 0 aromatic rings. The zero-order chi connectivity index (χ0) is 21.1. The maximum atomic E-state index is 11.4. The highest BCUT2D eigenvalue weighted by molar-refractivity contribution is 7.09. The number of esters is 1. The molecular weight excluding hydrogens is 391 g/mol. The third kappa shape index (κ3) is 8.85. The molecule has 29 heavy (non-hydrogen) atoms. The Morgan fingerprint density at radius 3 is 2.69 bits per heavy atom. The van der Waals surface area contributed by atoms with E-state index in [1.807, 2.05) is 12.2 Å². The van der Waals surface area contributed by atoms with E-state index in [1.165, 1.54) is 32.1 Å². The Balaban J connectivity index is 1.75. The molecule has 1 N–H and O–H groups in total. The number of allylic oxidation sites excluding steroid dienone is 1. The first kappa shape index (κ1) is 24.5. The summed E-state index contributed by atoms with van der Waals surface area (Å²) in [6.07, 6.45) is 14.3. The maximum absolute atomic E-state index is 11.4. The molecule has 1 aliphatic heterocycles. The largest absolute Gasteiger partial charge is 0.461 e. The van der Waals surface area contributed by atoms with E-state index in [2.05, 4.69) is 21.6 Å². The summed E-state index contributed by atoms with van der Waals surface area (Å²) >= 11 is 0. The number of aliphatic hydroxyl groups excluding tert-OH is 1. The van der Waals surface area contributed by atoms with Gasteiger partial charge in [0.15, 0.2) is 0 Å². The lowest BCUT2D eigenvalue weighted by atomic mass is 9.84. The minimum absolute atomic E-state index is 0.00456. The fraction of sp³-hybridized carbons (Fsp3) is 0.773. The van der Waals surface area contributed by atoms with Crippen LogP contribution in [0.1, 0.15) is 52.4 Å². The Bertz CT molecular complexity index is 529. The molecule has 1 aliphatic carbocycles. The van der Waals surface area contributed by atoms with E-state index in [1.54, 1.807) is 13.8 Å². The second-order valence-corrected chi connectivity index (χ2v) is 8.45. The van der Waals surface area contributed by atoms with Crippen molar-refractivity contribution in [3.05, 3.63) is 24.3 Å². The van der Waals surface area contributed by atoms with Crippen molar-refractivity contribution >= 4 is 15.4 Å². The Labute approximate surface area is 177 Å². The smallest absolute Gasteiger partial charge is 0.332 e. The third-order valence-corrected chi connectivity index (χ3v) is 5.83. The molecular formula is C22H37O6P. The summed E-state index contributed by atoms with van der Waals surface area (Å²) in [5.74, 6) is 0.202. The Morgan fingerprint density at radius 1 is 1.24 bits per heavy atom.